The van der Waals surface area contributed by atoms with Crippen LogP contribution in [0, 0.1) is 0 Å². The number of thiazole rings is 1. The number of amides is 1. The van der Waals surface area contributed by atoms with Gasteiger partial charge in [0.25, 0.3) is 0 Å². The molecule has 1 N–H and O–H groups in total. The molecule has 1 aromatic carbocycles. The molecule has 0 aliphatic carbocycles. The molecule has 0 bridgehead atoms. The number of carbonyl (C=O) groups excluding carboxylic acids is 1. The number of benzene rings is 1. The highest BCUT2D eigenvalue weighted by molar-refractivity contribution is 7.13. The molecular formula is C15H17ClN2O3S. The minimum Gasteiger partial charge on any atom is -0.497 e. The SMILES string of the molecule is COc1ccc(OCCCC(=O)Nc2nc(CCl)cs2)cc1. The summed E-state index contributed by atoms with van der Waals surface area (Å²) in [5.41, 5.74) is 0.768. The number of methoxy groups -OCH3 is 1. The second-order valence-corrected chi connectivity index (χ2v) is 5.58. The number of hydrogen-bond donors (Lipinski definition) is 1. The van der Waals surface area contributed by atoms with E-state index in [0.29, 0.717) is 30.5 Å². The van der Waals surface area contributed by atoms with E-state index in [-0.39, 0.29) is 5.91 Å². The third-order valence-corrected chi connectivity index (χ3v) is 3.89. The molecule has 118 valence electrons. The first kappa shape index (κ1) is 16.6. The zero-order valence-corrected chi connectivity index (χ0v) is 13.7. The molecule has 0 saturated carbocycles. The first-order chi connectivity index (χ1) is 10.7. The normalized spacial score (nSPS) is 10.3. The molecule has 1 amide bonds. The van der Waals surface area contributed by atoms with Crippen molar-refractivity contribution in [2.75, 3.05) is 19.0 Å². The van der Waals surface area contributed by atoms with Gasteiger partial charge in [-0.25, -0.2) is 4.98 Å². The van der Waals surface area contributed by atoms with E-state index >= 15 is 0 Å². The molecule has 0 fully saturated rings. The van der Waals surface area contributed by atoms with Crippen LogP contribution in [0.15, 0.2) is 29.6 Å². The molecule has 0 radical (unpaired) electrons. The second-order valence-electron chi connectivity index (χ2n) is 4.45. The van der Waals surface area contributed by atoms with E-state index in [1.54, 1.807) is 7.11 Å². The van der Waals surface area contributed by atoms with Gasteiger partial charge in [0, 0.05) is 11.8 Å². The average molecular weight is 341 g/mol. The van der Waals surface area contributed by atoms with Crippen LogP contribution in [0.3, 0.4) is 0 Å². The van der Waals surface area contributed by atoms with Gasteiger partial charge in [-0.15, -0.1) is 22.9 Å². The quantitative estimate of drug-likeness (QED) is 0.588. The van der Waals surface area contributed by atoms with Gasteiger partial charge in [-0.3, -0.25) is 4.79 Å². The zero-order chi connectivity index (χ0) is 15.8. The minimum absolute atomic E-state index is 0.0752. The molecule has 2 rings (SSSR count). The van der Waals surface area contributed by atoms with Crippen molar-refractivity contribution in [3.05, 3.63) is 35.3 Å². The van der Waals surface area contributed by atoms with Crippen LogP contribution in [0.25, 0.3) is 0 Å². The summed E-state index contributed by atoms with van der Waals surface area (Å²) in [6, 6.07) is 7.34. The number of rotatable bonds is 8. The first-order valence-corrected chi connectivity index (χ1v) is 8.19. The molecule has 2 aromatic rings. The second kappa shape index (κ2) is 8.60. The predicted molar refractivity (Wildman–Crippen MR) is 88.0 cm³/mol. The van der Waals surface area contributed by atoms with Crippen LogP contribution in [0.1, 0.15) is 18.5 Å². The Bertz CT molecular complexity index is 601. The van der Waals surface area contributed by atoms with Crippen LogP contribution in [-0.2, 0) is 10.7 Å². The largest absolute Gasteiger partial charge is 0.497 e. The fourth-order valence-electron chi connectivity index (χ4n) is 1.70. The van der Waals surface area contributed by atoms with Gasteiger partial charge >= 0.3 is 0 Å². The number of hydrogen-bond acceptors (Lipinski definition) is 5. The third kappa shape index (κ3) is 5.20. The lowest BCUT2D eigenvalue weighted by Gasteiger charge is -2.07. The van der Waals surface area contributed by atoms with Gasteiger partial charge in [-0.1, -0.05) is 0 Å². The van der Waals surface area contributed by atoms with E-state index in [4.69, 9.17) is 21.1 Å². The predicted octanol–water partition coefficient (Wildman–Crippen LogP) is 3.69. The van der Waals surface area contributed by atoms with Gasteiger partial charge in [0.15, 0.2) is 5.13 Å². The molecule has 5 nitrogen and oxygen atoms in total. The van der Waals surface area contributed by atoms with Crippen molar-refractivity contribution in [3.63, 3.8) is 0 Å². The Morgan fingerprint density at radius 3 is 2.68 bits per heavy atom. The van der Waals surface area contributed by atoms with Crippen molar-refractivity contribution in [2.24, 2.45) is 0 Å². The maximum atomic E-state index is 11.8. The number of alkyl halides is 1. The first-order valence-electron chi connectivity index (χ1n) is 6.78. The topological polar surface area (TPSA) is 60.5 Å². The van der Waals surface area contributed by atoms with Crippen molar-refractivity contribution in [2.45, 2.75) is 18.7 Å². The molecule has 7 heteroatoms. The summed E-state index contributed by atoms with van der Waals surface area (Å²) in [5.74, 6) is 1.82. The van der Waals surface area contributed by atoms with Crippen LogP contribution in [0.5, 0.6) is 11.5 Å². The number of ether oxygens (including phenoxy) is 2. The van der Waals surface area contributed by atoms with E-state index in [0.717, 1.165) is 17.2 Å². The van der Waals surface area contributed by atoms with Gasteiger partial charge in [0.1, 0.15) is 11.5 Å². The highest BCUT2D eigenvalue weighted by Gasteiger charge is 2.06. The Balaban J connectivity index is 1.66. The maximum absolute atomic E-state index is 11.8. The van der Waals surface area contributed by atoms with Crippen molar-refractivity contribution < 1.29 is 14.3 Å². The average Bonchev–Trinajstić information content (AvgIpc) is 2.99. The highest BCUT2D eigenvalue weighted by atomic mass is 35.5. The number of carbonyl (C=O) groups is 1. The molecule has 0 unspecified atom stereocenters. The molecule has 0 saturated heterocycles. The van der Waals surface area contributed by atoms with Crippen molar-refractivity contribution in [3.8, 4) is 11.5 Å². The van der Waals surface area contributed by atoms with Crippen LogP contribution in [0.2, 0.25) is 0 Å². The van der Waals surface area contributed by atoms with Gasteiger partial charge < -0.3 is 14.8 Å². The fourth-order valence-corrected chi connectivity index (χ4v) is 2.66. The lowest BCUT2D eigenvalue weighted by molar-refractivity contribution is -0.116. The number of nitrogens with zero attached hydrogens (tertiary/aromatic N) is 1. The Kier molecular flexibility index (Phi) is 6.48. The maximum Gasteiger partial charge on any atom is 0.226 e. The van der Waals surface area contributed by atoms with E-state index in [2.05, 4.69) is 10.3 Å². The summed E-state index contributed by atoms with van der Waals surface area (Å²) in [7, 11) is 1.62. The summed E-state index contributed by atoms with van der Waals surface area (Å²) in [4.78, 5) is 15.9. The minimum atomic E-state index is -0.0752. The Hall–Kier alpha value is -1.79. The Labute approximate surface area is 138 Å². The Morgan fingerprint density at radius 2 is 2.05 bits per heavy atom. The van der Waals surface area contributed by atoms with E-state index in [9.17, 15) is 4.79 Å². The summed E-state index contributed by atoms with van der Waals surface area (Å²) in [5, 5.41) is 5.16. The van der Waals surface area contributed by atoms with Gasteiger partial charge in [-0.05, 0) is 30.7 Å². The number of anilines is 1. The van der Waals surface area contributed by atoms with Gasteiger partial charge in [0.05, 0.1) is 25.3 Å². The van der Waals surface area contributed by atoms with Crippen molar-refractivity contribution in [1.82, 2.24) is 4.98 Å². The summed E-state index contributed by atoms with van der Waals surface area (Å²) < 4.78 is 10.6. The highest BCUT2D eigenvalue weighted by Crippen LogP contribution is 2.18. The summed E-state index contributed by atoms with van der Waals surface area (Å²) in [6.45, 7) is 0.477. The smallest absolute Gasteiger partial charge is 0.226 e. The van der Waals surface area contributed by atoms with E-state index in [1.165, 1.54) is 11.3 Å². The van der Waals surface area contributed by atoms with E-state index in [1.807, 2.05) is 29.6 Å². The molecule has 1 heterocycles. The van der Waals surface area contributed by atoms with Crippen LogP contribution in [-0.4, -0.2) is 24.6 Å². The van der Waals surface area contributed by atoms with Crippen molar-refractivity contribution >= 4 is 34.0 Å². The molecule has 22 heavy (non-hydrogen) atoms. The molecule has 0 aliphatic rings. The number of aromatic nitrogens is 1. The number of nitrogens with one attached hydrogen (secondary N) is 1. The molecular weight excluding hydrogens is 324 g/mol. The molecule has 0 spiro atoms. The fraction of sp³-hybridized carbons (Fsp3) is 0.333. The monoisotopic (exact) mass is 340 g/mol. The Morgan fingerprint density at radius 1 is 1.32 bits per heavy atom. The zero-order valence-electron chi connectivity index (χ0n) is 12.2. The third-order valence-electron chi connectivity index (χ3n) is 2.81. The standard InChI is InChI=1S/C15H17ClN2O3S/c1-20-12-4-6-13(7-5-12)21-8-2-3-14(19)18-15-17-11(9-16)10-22-15/h4-7,10H,2-3,8-9H2,1H3,(H,17,18,19). The van der Waals surface area contributed by atoms with Crippen LogP contribution < -0.4 is 14.8 Å². The lowest BCUT2D eigenvalue weighted by Crippen LogP contribution is -2.12. The van der Waals surface area contributed by atoms with Crippen molar-refractivity contribution in [1.29, 1.82) is 0 Å². The van der Waals surface area contributed by atoms with E-state index < -0.39 is 0 Å². The number of halogens is 1. The lowest BCUT2D eigenvalue weighted by atomic mass is 10.3. The van der Waals surface area contributed by atoms with Gasteiger partial charge in [0.2, 0.25) is 5.91 Å². The molecule has 0 aliphatic heterocycles. The molecule has 1 aromatic heterocycles. The van der Waals surface area contributed by atoms with Gasteiger partial charge in [-0.2, -0.15) is 0 Å². The summed E-state index contributed by atoms with van der Waals surface area (Å²) in [6.07, 6.45) is 1.01. The van der Waals surface area contributed by atoms with Crippen LogP contribution >= 0.6 is 22.9 Å². The molecule has 0 atom stereocenters. The summed E-state index contributed by atoms with van der Waals surface area (Å²) >= 11 is 7.03. The van der Waals surface area contributed by atoms with Crippen LogP contribution in [0.4, 0.5) is 5.13 Å².